The summed E-state index contributed by atoms with van der Waals surface area (Å²) in [5.74, 6) is -2.30. The van der Waals surface area contributed by atoms with Crippen molar-refractivity contribution in [3.05, 3.63) is 58.2 Å². The van der Waals surface area contributed by atoms with E-state index in [-0.39, 0.29) is 17.0 Å². The van der Waals surface area contributed by atoms with Crippen molar-refractivity contribution in [3.63, 3.8) is 0 Å². The van der Waals surface area contributed by atoms with E-state index < -0.39 is 51.2 Å². The van der Waals surface area contributed by atoms with Gasteiger partial charge in [-0.05, 0) is 32.4 Å². The first-order valence-corrected chi connectivity index (χ1v) is 9.79. The van der Waals surface area contributed by atoms with E-state index in [4.69, 9.17) is 11.6 Å². The molecule has 0 radical (unpaired) electrons. The Morgan fingerprint density at radius 1 is 1.17 bits per heavy atom. The van der Waals surface area contributed by atoms with E-state index in [0.29, 0.717) is 0 Å². The molecule has 0 aliphatic heterocycles. The van der Waals surface area contributed by atoms with Crippen LogP contribution in [0.3, 0.4) is 0 Å². The molecule has 2 atom stereocenters. The third-order valence-corrected chi connectivity index (χ3v) is 5.54. The summed E-state index contributed by atoms with van der Waals surface area (Å²) in [4.78, 5) is 3.78. The first kappa shape index (κ1) is 23.5. The van der Waals surface area contributed by atoms with E-state index in [1.807, 2.05) is 0 Å². The third kappa shape index (κ3) is 6.35. The lowest BCUT2D eigenvalue weighted by molar-refractivity contribution is -0.154. The van der Waals surface area contributed by atoms with E-state index >= 15 is 0 Å². The molecule has 2 unspecified atom stereocenters. The van der Waals surface area contributed by atoms with E-state index in [1.165, 1.54) is 12.1 Å². The Balaban J connectivity index is 2.40. The molecule has 0 spiro atoms. The average molecular weight is 457 g/mol. The molecule has 0 saturated heterocycles. The molecular formula is C18H18ClF5N2O2S. The lowest BCUT2D eigenvalue weighted by Crippen LogP contribution is -2.36. The number of aromatic nitrogens is 1. The zero-order chi connectivity index (χ0) is 22.0. The van der Waals surface area contributed by atoms with Crippen molar-refractivity contribution in [1.29, 1.82) is 0 Å². The van der Waals surface area contributed by atoms with Crippen LogP contribution in [0.4, 0.5) is 22.0 Å². The first-order valence-electron chi connectivity index (χ1n) is 8.26. The van der Waals surface area contributed by atoms with E-state index in [2.05, 4.69) is 14.4 Å². The molecule has 1 heterocycles. The van der Waals surface area contributed by atoms with Crippen molar-refractivity contribution in [2.75, 3.05) is 6.61 Å². The number of rotatable bonds is 6. The SMILES string of the molecule is CC(C)(C)S(=O)NC(c1ccc(OCC(F)(F)F)nc1)c1ccc(F)c(Cl)c1F. The topological polar surface area (TPSA) is 51.2 Å². The minimum absolute atomic E-state index is 0.0974. The fourth-order valence-corrected chi connectivity index (χ4v) is 3.17. The van der Waals surface area contributed by atoms with Crippen LogP contribution in [0.2, 0.25) is 5.02 Å². The Kier molecular flexibility index (Phi) is 7.23. The quantitative estimate of drug-likeness (QED) is 0.486. The van der Waals surface area contributed by atoms with Gasteiger partial charge < -0.3 is 4.74 Å². The van der Waals surface area contributed by atoms with Crippen molar-refractivity contribution in [2.24, 2.45) is 0 Å². The Bertz CT molecular complexity index is 886. The van der Waals surface area contributed by atoms with Crippen molar-refractivity contribution in [1.82, 2.24) is 9.71 Å². The number of nitrogens with zero attached hydrogens (tertiary/aromatic N) is 1. The molecule has 1 N–H and O–H groups in total. The van der Waals surface area contributed by atoms with Crippen molar-refractivity contribution in [3.8, 4) is 5.88 Å². The molecule has 1 aromatic carbocycles. The molecule has 0 saturated carbocycles. The van der Waals surface area contributed by atoms with Crippen molar-refractivity contribution >= 4 is 22.6 Å². The summed E-state index contributed by atoms with van der Waals surface area (Å²) in [5.41, 5.74) is 0.170. The number of alkyl halides is 3. The van der Waals surface area contributed by atoms with Crippen LogP contribution in [0.25, 0.3) is 0 Å². The summed E-state index contributed by atoms with van der Waals surface area (Å²) in [7, 11) is -1.67. The van der Waals surface area contributed by atoms with E-state index in [9.17, 15) is 26.2 Å². The average Bonchev–Trinajstić information content (AvgIpc) is 2.62. The van der Waals surface area contributed by atoms with Crippen LogP contribution in [0, 0.1) is 11.6 Å². The molecule has 29 heavy (non-hydrogen) atoms. The normalized spacial score (nSPS) is 14.5. The van der Waals surface area contributed by atoms with Gasteiger partial charge in [-0.25, -0.2) is 22.7 Å². The lowest BCUT2D eigenvalue weighted by Gasteiger charge is -2.25. The largest absolute Gasteiger partial charge is 0.468 e. The van der Waals surface area contributed by atoms with Gasteiger partial charge >= 0.3 is 6.18 Å². The molecule has 2 rings (SSSR count). The maximum atomic E-state index is 14.6. The van der Waals surface area contributed by atoms with Gasteiger partial charge in [0.15, 0.2) is 6.61 Å². The number of halogens is 6. The summed E-state index contributed by atoms with van der Waals surface area (Å²) in [5, 5.41) is -0.728. The second-order valence-electron chi connectivity index (χ2n) is 7.03. The predicted octanol–water partition coefficient (Wildman–Crippen LogP) is 5.10. The van der Waals surface area contributed by atoms with Crippen LogP contribution in [-0.2, 0) is 11.0 Å². The molecule has 160 valence electrons. The van der Waals surface area contributed by atoms with Gasteiger partial charge in [0.25, 0.3) is 0 Å². The maximum absolute atomic E-state index is 14.6. The van der Waals surface area contributed by atoms with Crippen LogP contribution in [0.1, 0.15) is 37.9 Å². The highest BCUT2D eigenvalue weighted by molar-refractivity contribution is 7.84. The number of hydrogen-bond acceptors (Lipinski definition) is 3. The predicted molar refractivity (Wildman–Crippen MR) is 100 cm³/mol. The second kappa shape index (κ2) is 8.93. The first-order chi connectivity index (χ1) is 13.3. The summed E-state index contributed by atoms with van der Waals surface area (Å²) < 4.78 is 84.0. The Labute approximate surface area is 172 Å². The maximum Gasteiger partial charge on any atom is 0.422 e. The molecule has 11 heteroatoms. The van der Waals surface area contributed by atoms with Gasteiger partial charge in [-0.15, -0.1) is 0 Å². The van der Waals surface area contributed by atoms with Gasteiger partial charge in [0.05, 0.1) is 21.8 Å². The number of pyridine rings is 1. The second-order valence-corrected chi connectivity index (χ2v) is 9.41. The van der Waals surface area contributed by atoms with Crippen LogP contribution < -0.4 is 9.46 Å². The minimum atomic E-state index is -4.53. The molecule has 1 aromatic heterocycles. The molecular weight excluding hydrogens is 439 g/mol. The summed E-state index contributed by atoms with van der Waals surface area (Å²) in [6.07, 6.45) is -3.37. The highest BCUT2D eigenvalue weighted by Gasteiger charge is 2.30. The molecule has 0 aliphatic rings. The van der Waals surface area contributed by atoms with Gasteiger partial charge in [-0.2, -0.15) is 13.2 Å². The summed E-state index contributed by atoms with van der Waals surface area (Å²) >= 11 is 5.65. The van der Waals surface area contributed by atoms with Gasteiger partial charge in [-0.1, -0.05) is 23.7 Å². The number of nitrogens with one attached hydrogen (secondary N) is 1. The molecule has 4 nitrogen and oxygen atoms in total. The van der Waals surface area contributed by atoms with Crippen LogP contribution in [0.5, 0.6) is 5.88 Å². The molecule has 0 amide bonds. The standard InChI is InChI=1S/C18H18ClF5N2O2S/c1-17(2,3)29(27)26-16(11-5-6-12(20)14(19)15(11)21)10-4-7-13(25-8-10)28-9-18(22,23)24/h4-8,16,26H,9H2,1-3H3. The van der Waals surface area contributed by atoms with Crippen LogP contribution in [0.15, 0.2) is 30.5 Å². The van der Waals surface area contributed by atoms with Gasteiger partial charge in [0, 0.05) is 17.8 Å². The highest BCUT2D eigenvalue weighted by Crippen LogP contribution is 2.31. The Hall–Kier alpha value is -1.78. The van der Waals surface area contributed by atoms with Crippen molar-refractivity contribution in [2.45, 2.75) is 37.7 Å². The van der Waals surface area contributed by atoms with E-state index in [0.717, 1.165) is 18.3 Å². The van der Waals surface area contributed by atoms with Crippen LogP contribution in [-0.4, -0.2) is 26.7 Å². The summed E-state index contributed by atoms with van der Waals surface area (Å²) in [6, 6.07) is 3.55. The Morgan fingerprint density at radius 3 is 2.34 bits per heavy atom. The van der Waals surface area contributed by atoms with Gasteiger partial charge in [0.1, 0.15) is 16.7 Å². The zero-order valence-corrected chi connectivity index (χ0v) is 17.2. The van der Waals surface area contributed by atoms with Gasteiger partial charge in [0.2, 0.25) is 5.88 Å². The fourth-order valence-electron chi connectivity index (χ4n) is 2.16. The van der Waals surface area contributed by atoms with Crippen molar-refractivity contribution < 1.29 is 30.9 Å². The number of ether oxygens (including phenoxy) is 1. The molecule has 0 fully saturated rings. The molecule has 2 aromatic rings. The zero-order valence-electron chi connectivity index (χ0n) is 15.6. The van der Waals surface area contributed by atoms with Gasteiger partial charge in [-0.3, -0.25) is 0 Å². The number of benzene rings is 1. The fraction of sp³-hybridized carbons (Fsp3) is 0.389. The van der Waals surface area contributed by atoms with E-state index in [1.54, 1.807) is 20.8 Å². The lowest BCUT2D eigenvalue weighted by atomic mass is 10.0. The number of hydrogen-bond donors (Lipinski definition) is 1. The molecule has 0 bridgehead atoms. The monoisotopic (exact) mass is 456 g/mol. The Morgan fingerprint density at radius 2 is 1.83 bits per heavy atom. The van der Waals surface area contributed by atoms with Crippen LogP contribution >= 0.6 is 11.6 Å². The third-order valence-electron chi connectivity index (χ3n) is 3.63. The molecule has 0 aliphatic carbocycles. The summed E-state index contributed by atoms with van der Waals surface area (Å²) in [6.45, 7) is 3.55. The highest BCUT2D eigenvalue weighted by atomic mass is 35.5. The minimum Gasteiger partial charge on any atom is -0.468 e. The smallest absolute Gasteiger partial charge is 0.422 e.